The van der Waals surface area contributed by atoms with Crippen molar-refractivity contribution in [1.29, 1.82) is 0 Å². The molecule has 0 unspecified atom stereocenters. The fourth-order valence-corrected chi connectivity index (χ4v) is 4.85. The molecule has 42 heavy (non-hydrogen) atoms. The summed E-state index contributed by atoms with van der Waals surface area (Å²) in [5, 5.41) is 0. The molecule has 0 N–H and O–H groups in total. The Morgan fingerprint density at radius 2 is 0.714 bits per heavy atom. The number of esters is 3. The lowest BCUT2D eigenvalue weighted by atomic mass is 10.1. The Morgan fingerprint density at radius 1 is 0.476 bits per heavy atom. The molecule has 1 aliphatic rings. The van der Waals surface area contributed by atoms with Crippen molar-refractivity contribution in [3.8, 4) is 0 Å². The van der Waals surface area contributed by atoms with E-state index in [0.29, 0.717) is 39.8 Å². The minimum Gasteiger partial charge on any atom is -0.466 e. The van der Waals surface area contributed by atoms with Gasteiger partial charge in [-0.1, -0.05) is 36.4 Å². The number of hydrogen-bond donors (Lipinski definition) is 0. The molecule has 1 fully saturated rings. The van der Waals surface area contributed by atoms with Crippen LogP contribution in [0.5, 0.6) is 0 Å². The van der Waals surface area contributed by atoms with Gasteiger partial charge in [0.2, 0.25) is 0 Å². The fourth-order valence-electron chi connectivity index (χ4n) is 4.85. The van der Waals surface area contributed by atoms with Gasteiger partial charge in [0.05, 0.1) is 59.1 Å². The van der Waals surface area contributed by atoms with Crippen molar-refractivity contribution < 1.29 is 28.6 Å². The molecule has 0 atom stereocenters. The Bertz CT molecular complexity index is 1150. The van der Waals surface area contributed by atoms with Crippen LogP contribution in [0, 0.1) is 0 Å². The highest BCUT2D eigenvalue weighted by atomic mass is 16.5. The van der Waals surface area contributed by atoms with E-state index in [4.69, 9.17) is 14.2 Å². The molecule has 0 radical (unpaired) electrons. The quantitative estimate of drug-likeness (QED) is 0.226. The predicted octanol–water partition coefficient (Wildman–Crippen LogP) is 4.71. The predicted molar refractivity (Wildman–Crippen MR) is 162 cm³/mol. The first kappa shape index (κ1) is 30.4. The molecule has 0 amide bonds. The first-order valence-corrected chi connectivity index (χ1v) is 14.4. The minimum absolute atomic E-state index is 0.238. The van der Waals surface area contributed by atoms with E-state index in [9.17, 15) is 14.4 Å². The van der Waals surface area contributed by atoms with E-state index in [2.05, 4.69) is 14.7 Å². The molecule has 3 aromatic carbocycles. The van der Waals surface area contributed by atoms with E-state index >= 15 is 0 Å². The van der Waals surface area contributed by atoms with Gasteiger partial charge in [0, 0.05) is 17.1 Å². The Morgan fingerprint density at radius 3 is 0.929 bits per heavy atom. The average molecular weight is 574 g/mol. The largest absolute Gasteiger partial charge is 0.466 e. The number of rotatable bonds is 12. The molecule has 0 aliphatic carbocycles. The highest BCUT2D eigenvalue weighted by Crippen LogP contribution is 2.28. The van der Waals surface area contributed by atoms with Gasteiger partial charge in [0.25, 0.3) is 0 Å². The third-order valence-corrected chi connectivity index (χ3v) is 6.89. The van der Waals surface area contributed by atoms with E-state index in [1.165, 1.54) is 0 Å². The Balaban J connectivity index is 1.54. The molecule has 4 rings (SSSR count). The second-order valence-corrected chi connectivity index (χ2v) is 9.99. The fraction of sp³-hybridized carbons (Fsp3) is 0.364. The van der Waals surface area contributed by atoms with E-state index in [1.54, 1.807) is 20.8 Å². The van der Waals surface area contributed by atoms with Crippen LogP contribution in [-0.2, 0) is 47.9 Å². The SMILES string of the molecule is CCOC(=O)Cc1ccc(N2CN(c3ccc(CC(=O)OCC)cc3)CN(c3ccc(CC(=O)OCC)cc3)C2)cc1. The zero-order chi connectivity index (χ0) is 29.9. The first-order valence-electron chi connectivity index (χ1n) is 14.4. The van der Waals surface area contributed by atoms with Gasteiger partial charge in [0.1, 0.15) is 0 Å². The average Bonchev–Trinajstić information content (AvgIpc) is 2.98. The normalized spacial score (nSPS) is 13.1. The lowest BCUT2D eigenvalue weighted by Crippen LogP contribution is -2.55. The Labute approximate surface area is 247 Å². The van der Waals surface area contributed by atoms with Gasteiger partial charge < -0.3 is 28.9 Å². The molecular formula is C33H39N3O6. The van der Waals surface area contributed by atoms with Gasteiger partial charge in [-0.25, -0.2) is 0 Å². The molecular weight excluding hydrogens is 534 g/mol. The molecule has 0 spiro atoms. The summed E-state index contributed by atoms with van der Waals surface area (Å²) in [6.45, 7) is 8.44. The lowest BCUT2D eigenvalue weighted by Gasteiger charge is -2.45. The zero-order valence-corrected chi connectivity index (χ0v) is 24.6. The molecule has 0 bridgehead atoms. The van der Waals surface area contributed by atoms with E-state index in [0.717, 1.165) is 33.8 Å². The number of carbonyl (C=O) groups excluding carboxylic acids is 3. The van der Waals surface area contributed by atoms with Crippen LogP contribution >= 0.6 is 0 Å². The first-order chi connectivity index (χ1) is 20.4. The van der Waals surface area contributed by atoms with Crippen molar-refractivity contribution in [3.05, 3.63) is 89.5 Å². The number of anilines is 3. The molecule has 222 valence electrons. The van der Waals surface area contributed by atoms with Crippen LogP contribution < -0.4 is 14.7 Å². The monoisotopic (exact) mass is 573 g/mol. The van der Waals surface area contributed by atoms with Gasteiger partial charge in [-0.2, -0.15) is 0 Å². The van der Waals surface area contributed by atoms with E-state index in [1.807, 2.05) is 72.8 Å². The Kier molecular flexibility index (Phi) is 10.8. The molecule has 1 aliphatic heterocycles. The van der Waals surface area contributed by atoms with Crippen LogP contribution in [0.2, 0.25) is 0 Å². The van der Waals surface area contributed by atoms with E-state index in [-0.39, 0.29) is 37.2 Å². The smallest absolute Gasteiger partial charge is 0.310 e. The highest BCUT2D eigenvalue weighted by Gasteiger charge is 2.25. The van der Waals surface area contributed by atoms with Crippen LogP contribution in [0.25, 0.3) is 0 Å². The second kappa shape index (κ2) is 14.9. The summed E-state index contributed by atoms with van der Waals surface area (Å²) >= 11 is 0. The third-order valence-electron chi connectivity index (χ3n) is 6.89. The van der Waals surface area contributed by atoms with Gasteiger partial charge in [0.15, 0.2) is 0 Å². The van der Waals surface area contributed by atoms with Crippen molar-refractivity contribution in [2.24, 2.45) is 0 Å². The lowest BCUT2D eigenvalue weighted by molar-refractivity contribution is -0.143. The maximum atomic E-state index is 11.9. The second-order valence-electron chi connectivity index (χ2n) is 9.99. The summed E-state index contributed by atoms with van der Waals surface area (Å²) in [5.41, 5.74) is 5.77. The van der Waals surface area contributed by atoms with Gasteiger partial charge in [-0.3, -0.25) is 14.4 Å². The van der Waals surface area contributed by atoms with Crippen LogP contribution in [0.4, 0.5) is 17.1 Å². The highest BCUT2D eigenvalue weighted by molar-refractivity contribution is 5.74. The van der Waals surface area contributed by atoms with Gasteiger partial charge in [-0.05, 0) is 73.9 Å². The number of benzene rings is 3. The standard InChI is InChI=1S/C33H39N3O6/c1-4-40-31(37)19-25-7-13-28(14-8-25)34-22-35(29-15-9-26(10-16-29)20-32(38)41-5-2)24-36(23-34)30-17-11-27(12-18-30)21-33(39)42-6-3/h7-18H,4-6,19-24H2,1-3H3. The molecule has 1 saturated heterocycles. The maximum absolute atomic E-state index is 11.9. The number of nitrogens with zero attached hydrogens (tertiary/aromatic N) is 3. The van der Waals surface area contributed by atoms with Crippen LogP contribution in [0.1, 0.15) is 37.5 Å². The van der Waals surface area contributed by atoms with Crippen molar-refractivity contribution in [2.45, 2.75) is 40.0 Å². The minimum atomic E-state index is -0.238. The van der Waals surface area contributed by atoms with Crippen LogP contribution in [0.15, 0.2) is 72.8 Å². The maximum Gasteiger partial charge on any atom is 0.310 e. The van der Waals surface area contributed by atoms with Gasteiger partial charge in [-0.15, -0.1) is 0 Å². The van der Waals surface area contributed by atoms with Crippen molar-refractivity contribution in [1.82, 2.24) is 0 Å². The number of ether oxygens (including phenoxy) is 3. The summed E-state index contributed by atoms with van der Waals surface area (Å²) in [5.74, 6) is -0.713. The topological polar surface area (TPSA) is 88.6 Å². The Hall–Kier alpha value is -4.53. The zero-order valence-electron chi connectivity index (χ0n) is 24.6. The van der Waals surface area contributed by atoms with Crippen molar-refractivity contribution in [3.63, 3.8) is 0 Å². The van der Waals surface area contributed by atoms with E-state index < -0.39 is 0 Å². The third kappa shape index (κ3) is 8.49. The van der Waals surface area contributed by atoms with Crippen molar-refractivity contribution >= 4 is 35.0 Å². The summed E-state index contributed by atoms with van der Waals surface area (Å²) < 4.78 is 15.3. The molecule has 9 nitrogen and oxygen atoms in total. The molecule has 0 saturated carbocycles. The summed E-state index contributed by atoms with van der Waals surface area (Å²) in [4.78, 5) is 42.6. The van der Waals surface area contributed by atoms with Crippen LogP contribution in [0.3, 0.4) is 0 Å². The molecule has 0 aromatic heterocycles. The molecule has 1 heterocycles. The summed E-state index contributed by atoms with van der Waals surface area (Å²) in [7, 11) is 0. The summed E-state index contributed by atoms with van der Waals surface area (Å²) in [6.07, 6.45) is 0.716. The van der Waals surface area contributed by atoms with Crippen LogP contribution in [-0.4, -0.2) is 57.7 Å². The molecule has 3 aromatic rings. The van der Waals surface area contributed by atoms with Crippen molar-refractivity contribution in [2.75, 3.05) is 54.5 Å². The number of carbonyl (C=O) groups is 3. The van der Waals surface area contributed by atoms with Gasteiger partial charge >= 0.3 is 17.9 Å². The number of hydrogen-bond acceptors (Lipinski definition) is 9. The summed E-state index contributed by atoms with van der Waals surface area (Å²) in [6, 6.07) is 23.9. The molecule has 9 heteroatoms.